The van der Waals surface area contributed by atoms with Crippen LogP contribution in [0.1, 0.15) is 21.9 Å². The number of pyridine rings is 1. The second kappa shape index (κ2) is 7.13. The molecule has 29 heavy (non-hydrogen) atoms. The summed E-state index contributed by atoms with van der Waals surface area (Å²) in [7, 11) is 0. The van der Waals surface area contributed by atoms with Gasteiger partial charge in [-0.2, -0.15) is 5.10 Å². The molecular formula is C22H17ClN4OS. The van der Waals surface area contributed by atoms with Crippen LogP contribution in [0.3, 0.4) is 0 Å². The van der Waals surface area contributed by atoms with Crippen LogP contribution in [0.4, 0.5) is 0 Å². The number of thiophene rings is 1. The van der Waals surface area contributed by atoms with Gasteiger partial charge in [0.2, 0.25) is 5.91 Å². The van der Waals surface area contributed by atoms with Gasteiger partial charge in [0.15, 0.2) is 5.65 Å². The van der Waals surface area contributed by atoms with Gasteiger partial charge in [-0.25, -0.2) is 9.50 Å². The molecule has 144 valence electrons. The number of carbonyl (C=O) groups is 1. The summed E-state index contributed by atoms with van der Waals surface area (Å²) in [6.45, 7) is 4.82. The van der Waals surface area contributed by atoms with Crippen molar-refractivity contribution in [2.45, 2.75) is 12.5 Å². The van der Waals surface area contributed by atoms with Crippen molar-refractivity contribution in [3.05, 3.63) is 88.0 Å². The molecule has 7 heteroatoms. The SMILES string of the molecule is C=CC(=O)N1Cc2sc(Cl)cc2[C@H](c2ccccc2-c2ccc3ncnn3c2)C1. The lowest BCUT2D eigenvalue weighted by atomic mass is 9.84. The van der Waals surface area contributed by atoms with Gasteiger partial charge in [0, 0.05) is 29.1 Å². The van der Waals surface area contributed by atoms with E-state index in [-0.39, 0.29) is 11.8 Å². The van der Waals surface area contributed by atoms with Crippen molar-refractivity contribution >= 4 is 34.5 Å². The van der Waals surface area contributed by atoms with E-state index in [0.717, 1.165) is 31.6 Å². The van der Waals surface area contributed by atoms with Crippen LogP contribution in [0.25, 0.3) is 16.8 Å². The topological polar surface area (TPSA) is 50.5 Å². The van der Waals surface area contributed by atoms with Crippen molar-refractivity contribution in [1.82, 2.24) is 19.5 Å². The number of benzene rings is 1. The largest absolute Gasteiger partial charge is 0.333 e. The first kappa shape index (κ1) is 18.1. The first-order valence-corrected chi connectivity index (χ1v) is 10.4. The molecular weight excluding hydrogens is 404 g/mol. The number of amides is 1. The van der Waals surface area contributed by atoms with E-state index in [1.807, 2.05) is 35.4 Å². The number of hydrogen-bond donors (Lipinski definition) is 0. The number of halogens is 1. The van der Waals surface area contributed by atoms with Gasteiger partial charge in [-0.15, -0.1) is 11.3 Å². The first-order valence-electron chi connectivity index (χ1n) is 9.22. The highest BCUT2D eigenvalue weighted by atomic mass is 35.5. The number of hydrogen-bond acceptors (Lipinski definition) is 4. The minimum absolute atomic E-state index is 0.0362. The number of aromatic nitrogens is 3. The van der Waals surface area contributed by atoms with Crippen LogP contribution in [0.2, 0.25) is 4.34 Å². The molecule has 1 aliphatic heterocycles. The van der Waals surface area contributed by atoms with Gasteiger partial charge in [0.25, 0.3) is 0 Å². The monoisotopic (exact) mass is 420 g/mol. The standard InChI is InChI=1S/C22H17ClN4OS/c1-2-22(28)26-11-18(17-9-20(23)29-19(17)12-26)16-6-4-3-5-15(16)14-7-8-21-24-13-25-27(21)10-14/h2-10,13,18H,1,11-12H2/t18-/m0/s1. The Morgan fingerprint density at radius 1 is 1.24 bits per heavy atom. The van der Waals surface area contributed by atoms with E-state index in [4.69, 9.17) is 11.6 Å². The smallest absolute Gasteiger partial charge is 0.246 e. The van der Waals surface area contributed by atoms with Crippen molar-refractivity contribution in [2.24, 2.45) is 0 Å². The highest BCUT2D eigenvalue weighted by molar-refractivity contribution is 7.16. The van der Waals surface area contributed by atoms with Crippen LogP contribution in [0.15, 0.2) is 67.6 Å². The molecule has 1 atom stereocenters. The van der Waals surface area contributed by atoms with Crippen LogP contribution < -0.4 is 0 Å². The Balaban J connectivity index is 1.65. The lowest BCUT2D eigenvalue weighted by molar-refractivity contribution is -0.127. The molecule has 0 aliphatic carbocycles. The van der Waals surface area contributed by atoms with E-state index < -0.39 is 0 Å². The Kier molecular flexibility index (Phi) is 4.45. The molecule has 3 aromatic heterocycles. The van der Waals surface area contributed by atoms with Crippen molar-refractivity contribution < 1.29 is 4.79 Å². The summed E-state index contributed by atoms with van der Waals surface area (Å²) in [5, 5.41) is 4.26. The van der Waals surface area contributed by atoms with E-state index in [9.17, 15) is 4.79 Å². The van der Waals surface area contributed by atoms with Gasteiger partial charge in [-0.05, 0) is 41.0 Å². The molecule has 0 unspecified atom stereocenters. The van der Waals surface area contributed by atoms with E-state index in [1.165, 1.54) is 23.0 Å². The zero-order valence-electron chi connectivity index (χ0n) is 15.5. The average molecular weight is 421 g/mol. The van der Waals surface area contributed by atoms with Crippen LogP contribution >= 0.6 is 22.9 Å². The summed E-state index contributed by atoms with van der Waals surface area (Å²) in [6.07, 6.45) is 4.91. The number of nitrogens with zero attached hydrogens (tertiary/aromatic N) is 4. The lowest BCUT2D eigenvalue weighted by Gasteiger charge is -2.33. The third kappa shape index (κ3) is 3.14. The second-order valence-corrected chi connectivity index (χ2v) is 8.74. The molecule has 0 spiro atoms. The van der Waals surface area contributed by atoms with Crippen LogP contribution in [-0.4, -0.2) is 31.9 Å². The minimum Gasteiger partial charge on any atom is -0.333 e. The molecule has 1 aromatic carbocycles. The van der Waals surface area contributed by atoms with Gasteiger partial charge in [0.05, 0.1) is 10.9 Å². The Bertz CT molecular complexity index is 1240. The summed E-state index contributed by atoms with van der Waals surface area (Å²) in [5.41, 5.74) is 5.31. The van der Waals surface area contributed by atoms with Crippen LogP contribution in [-0.2, 0) is 11.3 Å². The first-order chi connectivity index (χ1) is 14.1. The fourth-order valence-corrected chi connectivity index (χ4v) is 5.34. The zero-order valence-corrected chi connectivity index (χ0v) is 17.0. The Morgan fingerprint density at radius 2 is 2.10 bits per heavy atom. The molecule has 0 N–H and O–H groups in total. The maximum Gasteiger partial charge on any atom is 0.246 e. The molecule has 0 bridgehead atoms. The van der Waals surface area contributed by atoms with Crippen LogP contribution in [0.5, 0.6) is 0 Å². The lowest BCUT2D eigenvalue weighted by Crippen LogP contribution is -2.37. The molecule has 4 aromatic rings. The molecule has 5 rings (SSSR count). The fourth-order valence-electron chi connectivity index (χ4n) is 3.99. The highest BCUT2D eigenvalue weighted by Gasteiger charge is 2.31. The highest BCUT2D eigenvalue weighted by Crippen LogP contribution is 2.42. The van der Waals surface area contributed by atoms with Gasteiger partial charge in [0.1, 0.15) is 6.33 Å². The summed E-state index contributed by atoms with van der Waals surface area (Å²) in [6, 6.07) is 14.4. The fraction of sp³-hybridized carbons (Fsp3) is 0.136. The maximum atomic E-state index is 12.4. The van der Waals surface area contributed by atoms with Crippen molar-refractivity contribution in [2.75, 3.05) is 6.54 Å². The molecule has 1 aliphatic rings. The quantitative estimate of drug-likeness (QED) is 0.448. The van der Waals surface area contributed by atoms with Crippen molar-refractivity contribution in [3.8, 4) is 11.1 Å². The Hall–Kier alpha value is -2.96. The molecule has 0 saturated heterocycles. The van der Waals surface area contributed by atoms with E-state index in [1.54, 1.807) is 10.8 Å². The summed E-state index contributed by atoms with van der Waals surface area (Å²) < 4.78 is 2.52. The molecule has 4 heterocycles. The normalized spacial score (nSPS) is 16.0. The molecule has 0 fully saturated rings. The number of carbonyl (C=O) groups excluding carboxylic acids is 1. The maximum absolute atomic E-state index is 12.4. The molecule has 1 amide bonds. The predicted octanol–water partition coefficient (Wildman–Crippen LogP) is 4.77. The van der Waals surface area contributed by atoms with Gasteiger partial charge < -0.3 is 4.90 Å². The van der Waals surface area contributed by atoms with Crippen molar-refractivity contribution in [3.63, 3.8) is 0 Å². The third-order valence-electron chi connectivity index (χ3n) is 5.33. The summed E-state index contributed by atoms with van der Waals surface area (Å²) >= 11 is 7.89. The molecule has 0 radical (unpaired) electrons. The van der Waals surface area contributed by atoms with Gasteiger partial charge >= 0.3 is 0 Å². The molecule has 5 nitrogen and oxygen atoms in total. The summed E-state index contributed by atoms with van der Waals surface area (Å²) in [4.78, 5) is 19.6. The van der Waals surface area contributed by atoms with Crippen LogP contribution in [0, 0.1) is 0 Å². The average Bonchev–Trinajstić information content (AvgIpc) is 3.37. The van der Waals surface area contributed by atoms with E-state index >= 15 is 0 Å². The van der Waals surface area contributed by atoms with Gasteiger partial charge in [-0.3, -0.25) is 4.79 Å². The zero-order chi connectivity index (χ0) is 20.0. The minimum atomic E-state index is -0.0633. The third-order valence-corrected chi connectivity index (χ3v) is 6.60. The number of rotatable bonds is 3. The van der Waals surface area contributed by atoms with E-state index in [0.29, 0.717) is 13.1 Å². The number of fused-ring (bicyclic) bond motifs is 2. The van der Waals surface area contributed by atoms with Crippen molar-refractivity contribution in [1.29, 1.82) is 0 Å². The molecule has 0 saturated carbocycles. The van der Waals surface area contributed by atoms with E-state index in [2.05, 4.69) is 34.9 Å². The summed E-state index contributed by atoms with van der Waals surface area (Å²) in [5.74, 6) is -0.0271. The Labute approximate surface area is 176 Å². The van der Waals surface area contributed by atoms with Gasteiger partial charge in [-0.1, -0.05) is 42.4 Å². The second-order valence-electron chi connectivity index (χ2n) is 6.97. The Morgan fingerprint density at radius 3 is 2.97 bits per heavy atom. The predicted molar refractivity (Wildman–Crippen MR) is 115 cm³/mol.